The van der Waals surface area contributed by atoms with Crippen LogP contribution in [0, 0.1) is 18.3 Å². The van der Waals surface area contributed by atoms with Crippen LogP contribution in [0.1, 0.15) is 12.0 Å². The fourth-order valence-electron chi connectivity index (χ4n) is 1.83. The van der Waals surface area contributed by atoms with E-state index in [9.17, 15) is 0 Å². The zero-order valence-electron chi connectivity index (χ0n) is 8.90. The minimum atomic E-state index is 0.854. The Kier molecular flexibility index (Phi) is 2.73. The summed E-state index contributed by atoms with van der Waals surface area (Å²) < 4.78 is 0. The Hall–Kier alpha value is -1.75. The second-order valence-corrected chi connectivity index (χ2v) is 3.88. The second-order valence-electron chi connectivity index (χ2n) is 3.88. The molecule has 0 N–H and O–H groups in total. The lowest BCUT2D eigenvalue weighted by atomic mass is 10.1. The standard InChI is InChI=1S/C13H14N2/c1-11-3-2-4-13(9-11)15-7-5-12(10-14)6-8-15/h2-5,9H,6-8H2,1H3. The zero-order valence-corrected chi connectivity index (χ0v) is 8.90. The van der Waals surface area contributed by atoms with E-state index in [0.717, 1.165) is 25.1 Å². The number of nitriles is 1. The van der Waals surface area contributed by atoms with E-state index in [1.165, 1.54) is 11.3 Å². The van der Waals surface area contributed by atoms with Gasteiger partial charge in [-0.05, 0) is 31.0 Å². The lowest BCUT2D eigenvalue weighted by molar-refractivity contribution is 0.802. The van der Waals surface area contributed by atoms with Gasteiger partial charge in [-0.1, -0.05) is 18.2 Å². The van der Waals surface area contributed by atoms with Crippen molar-refractivity contribution in [3.8, 4) is 6.07 Å². The smallest absolute Gasteiger partial charge is 0.0945 e. The van der Waals surface area contributed by atoms with Crippen molar-refractivity contribution in [3.63, 3.8) is 0 Å². The number of rotatable bonds is 1. The summed E-state index contributed by atoms with van der Waals surface area (Å²) in [5.41, 5.74) is 3.45. The average Bonchev–Trinajstić information content (AvgIpc) is 2.29. The van der Waals surface area contributed by atoms with E-state index in [2.05, 4.69) is 42.2 Å². The number of hydrogen-bond donors (Lipinski definition) is 0. The first-order chi connectivity index (χ1) is 7.29. The van der Waals surface area contributed by atoms with Gasteiger partial charge in [0.15, 0.2) is 0 Å². The molecule has 1 heterocycles. The van der Waals surface area contributed by atoms with Gasteiger partial charge in [-0.15, -0.1) is 0 Å². The Labute approximate surface area is 90.4 Å². The zero-order chi connectivity index (χ0) is 10.7. The summed E-state index contributed by atoms with van der Waals surface area (Å²) in [6, 6.07) is 10.7. The highest BCUT2D eigenvalue weighted by molar-refractivity contribution is 5.50. The molecule has 76 valence electrons. The molecule has 0 saturated heterocycles. The number of nitrogens with zero attached hydrogens (tertiary/aromatic N) is 2. The number of anilines is 1. The van der Waals surface area contributed by atoms with Gasteiger partial charge in [-0.2, -0.15) is 5.26 Å². The van der Waals surface area contributed by atoms with Crippen molar-refractivity contribution in [1.82, 2.24) is 0 Å². The van der Waals surface area contributed by atoms with E-state index in [1.54, 1.807) is 0 Å². The van der Waals surface area contributed by atoms with Crippen LogP contribution in [0.3, 0.4) is 0 Å². The van der Waals surface area contributed by atoms with Crippen molar-refractivity contribution in [2.45, 2.75) is 13.3 Å². The highest BCUT2D eigenvalue weighted by Crippen LogP contribution is 2.20. The van der Waals surface area contributed by atoms with Crippen molar-refractivity contribution >= 4 is 5.69 Å². The van der Waals surface area contributed by atoms with Crippen LogP contribution >= 0.6 is 0 Å². The topological polar surface area (TPSA) is 27.0 Å². The summed E-state index contributed by atoms with van der Waals surface area (Å²) in [7, 11) is 0. The van der Waals surface area contributed by atoms with Crippen LogP contribution in [-0.4, -0.2) is 13.1 Å². The highest BCUT2D eigenvalue weighted by Gasteiger charge is 2.11. The molecule has 0 aliphatic carbocycles. The highest BCUT2D eigenvalue weighted by atomic mass is 15.1. The van der Waals surface area contributed by atoms with E-state index < -0.39 is 0 Å². The molecule has 0 unspecified atom stereocenters. The molecule has 0 saturated carbocycles. The molecule has 0 bridgehead atoms. The lowest BCUT2D eigenvalue weighted by Gasteiger charge is -2.27. The third-order valence-corrected chi connectivity index (χ3v) is 2.72. The molecular weight excluding hydrogens is 184 g/mol. The van der Waals surface area contributed by atoms with Crippen molar-refractivity contribution in [2.75, 3.05) is 18.0 Å². The largest absolute Gasteiger partial charge is 0.367 e. The van der Waals surface area contributed by atoms with Gasteiger partial charge in [-0.3, -0.25) is 0 Å². The predicted octanol–water partition coefficient (Wildman–Crippen LogP) is 2.66. The normalized spacial score (nSPS) is 15.7. The molecule has 1 aromatic rings. The Bertz CT molecular complexity index is 426. The monoisotopic (exact) mass is 198 g/mol. The number of benzene rings is 1. The maximum absolute atomic E-state index is 8.76. The first-order valence-corrected chi connectivity index (χ1v) is 5.20. The number of hydrogen-bond acceptors (Lipinski definition) is 2. The van der Waals surface area contributed by atoms with E-state index in [4.69, 9.17) is 5.26 Å². The molecule has 0 spiro atoms. The van der Waals surface area contributed by atoms with Crippen LogP contribution in [-0.2, 0) is 0 Å². The molecule has 2 nitrogen and oxygen atoms in total. The van der Waals surface area contributed by atoms with E-state index in [1.807, 2.05) is 6.08 Å². The Morgan fingerprint density at radius 2 is 2.27 bits per heavy atom. The first-order valence-electron chi connectivity index (χ1n) is 5.20. The molecule has 2 heteroatoms. The molecule has 0 radical (unpaired) electrons. The fourth-order valence-corrected chi connectivity index (χ4v) is 1.83. The Balaban J connectivity index is 2.15. The van der Waals surface area contributed by atoms with Crippen LogP contribution in [0.4, 0.5) is 5.69 Å². The van der Waals surface area contributed by atoms with Gasteiger partial charge in [0.25, 0.3) is 0 Å². The van der Waals surface area contributed by atoms with E-state index in [0.29, 0.717) is 0 Å². The molecule has 0 amide bonds. The molecular formula is C13H14N2. The summed E-state index contributed by atoms with van der Waals surface area (Å²) in [4.78, 5) is 2.30. The van der Waals surface area contributed by atoms with Crippen molar-refractivity contribution in [2.24, 2.45) is 0 Å². The lowest BCUT2D eigenvalue weighted by Crippen LogP contribution is -2.28. The molecule has 1 aromatic carbocycles. The minimum Gasteiger partial charge on any atom is -0.367 e. The summed E-state index contributed by atoms with van der Waals surface area (Å²) in [6.45, 7) is 3.90. The Morgan fingerprint density at radius 3 is 2.87 bits per heavy atom. The molecule has 0 aromatic heterocycles. The molecule has 1 aliphatic heterocycles. The van der Waals surface area contributed by atoms with Crippen LogP contribution < -0.4 is 4.90 Å². The second kappa shape index (κ2) is 4.18. The summed E-state index contributed by atoms with van der Waals surface area (Å²) in [5, 5.41) is 8.76. The predicted molar refractivity (Wildman–Crippen MR) is 61.7 cm³/mol. The maximum Gasteiger partial charge on any atom is 0.0945 e. The molecule has 0 fully saturated rings. The molecule has 0 atom stereocenters. The number of aryl methyl sites for hydroxylation is 1. The molecule has 15 heavy (non-hydrogen) atoms. The van der Waals surface area contributed by atoms with Crippen molar-refractivity contribution in [1.29, 1.82) is 5.26 Å². The van der Waals surface area contributed by atoms with Gasteiger partial charge in [0.2, 0.25) is 0 Å². The van der Waals surface area contributed by atoms with Gasteiger partial charge < -0.3 is 4.90 Å². The first kappa shape index (κ1) is 9.79. The summed E-state index contributed by atoms with van der Waals surface area (Å²) in [6.07, 6.45) is 2.89. The minimum absolute atomic E-state index is 0.854. The SMILES string of the molecule is Cc1cccc(N2CC=C(C#N)CC2)c1. The average molecular weight is 198 g/mol. The van der Waals surface area contributed by atoms with Gasteiger partial charge in [0, 0.05) is 24.4 Å². The fraction of sp³-hybridized carbons (Fsp3) is 0.308. The van der Waals surface area contributed by atoms with Crippen LogP contribution in [0.25, 0.3) is 0 Å². The van der Waals surface area contributed by atoms with Gasteiger partial charge in [-0.25, -0.2) is 0 Å². The van der Waals surface area contributed by atoms with Crippen LogP contribution in [0.15, 0.2) is 35.9 Å². The van der Waals surface area contributed by atoms with E-state index in [-0.39, 0.29) is 0 Å². The quantitative estimate of drug-likeness (QED) is 0.693. The molecule has 2 rings (SSSR count). The maximum atomic E-state index is 8.76. The van der Waals surface area contributed by atoms with Crippen molar-refractivity contribution < 1.29 is 0 Å². The Morgan fingerprint density at radius 1 is 1.40 bits per heavy atom. The third-order valence-electron chi connectivity index (χ3n) is 2.72. The summed E-state index contributed by atoms with van der Waals surface area (Å²) >= 11 is 0. The molecule has 1 aliphatic rings. The van der Waals surface area contributed by atoms with Crippen molar-refractivity contribution in [3.05, 3.63) is 41.5 Å². The van der Waals surface area contributed by atoms with Crippen LogP contribution in [0.2, 0.25) is 0 Å². The van der Waals surface area contributed by atoms with Gasteiger partial charge in [0.05, 0.1) is 6.07 Å². The van der Waals surface area contributed by atoms with Gasteiger partial charge >= 0.3 is 0 Å². The van der Waals surface area contributed by atoms with E-state index >= 15 is 0 Å². The van der Waals surface area contributed by atoms with Crippen LogP contribution in [0.5, 0.6) is 0 Å². The summed E-state index contributed by atoms with van der Waals surface area (Å²) in [5.74, 6) is 0. The third kappa shape index (κ3) is 2.19. The van der Waals surface area contributed by atoms with Gasteiger partial charge in [0.1, 0.15) is 0 Å².